The number of aromatic nitrogens is 2. The van der Waals surface area contributed by atoms with E-state index in [-0.39, 0.29) is 0 Å². The van der Waals surface area contributed by atoms with E-state index in [1.165, 1.54) is 67.0 Å². The van der Waals surface area contributed by atoms with E-state index in [2.05, 4.69) is 107 Å². The van der Waals surface area contributed by atoms with Gasteiger partial charge in [-0.15, -0.1) is 11.3 Å². The second-order valence-corrected chi connectivity index (χ2v) is 13.5. The normalized spacial score (nSPS) is 19.3. The van der Waals surface area contributed by atoms with Crippen molar-refractivity contribution >= 4 is 68.4 Å². The quantitative estimate of drug-likeness (QED) is 0.174. The molecule has 2 saturated carbocycles. The molecule has 2 nitrogen and oxygen atoms in total. The van der Waals surface area contributed by atoms with Gasteiger partial charge in [0.1, 0.15) is 0 Å². The molecule has 0 amide bonds. The van der Waals surface area contributed by atoms with E-state index >= 15 is 0 Å². The molecular formula is C51H66N2S. The molecule has 4 atom stereocenters. The standard InChI is InChI=1S/C39H30N2S.6C2H6/c1-3-24-25-11-8-9-15-31(25)40(30(24)4-2)34-16-10-13-27-37-29-20-23(29)21-35(39(37)42-38(27)34)41-32-14-7-5-6-12-26(32)36-28-19-22(28)17-18-33(36)41;6*1-2/h3-4,6-18,21-23,28-29H,1-2,5,19-20H2;6*1-2H3. The fraction of sp³-hybridized carbons (Fsp3) is 0.373. The minimum Gasteiger partial charge on any atom is -0.308 e. The zero-order chi connectivity index (χ0) is 39.7. The van der Waals surface area contributed by atoms with E-state index in [0.717, 1.165) is 23.6 Å². The highest BCUT2D eigenvalue weighted by Gasteiger charge is 2.47. The summed E-state index contributed by atoms with van der Waals surface area (Å²) < 4.78 is 6.39. The van der Waals surface area contributed by atoms with Crippen molar-refractivity contribution in [3.63, 3.8) is 0 Å². The topological polar surface area (TPSA) is 9.86 Å². The third-order valence-corrected chi connectivity index (χ3v) is 11.5. The van der Waals surface area contributed by atoms with Crippen LogP contribution in [-0.2, 0) is 0 Å². The number of hydrogen-bond acceptors (Lipinski definition) is 1. The maximum atomic E-state index is 4.23. The molecule has 5 aromatic rings. The van der Waals surface area contributed by atoms with E-state index in [9.17, 15) is 0 Å². The van der Waals surface area contributed by atoms with E-state index in [1.807, 2.05) is 107 Å². The van der Waals surface area contributed by atoms with Gasteiger partial charge in [0, 0.05) is 16.5 Å². The van der Waals surface area contributed by atoms with Crippen LogP contribution in [0.25, 0.3) is 62.8 Å². The third-order valence-electron chi connectivity index (χ3n) is 10.2. The largest absolute Gasteiger partial charge is 0.308 e. The Hall–Kier alpha value is -4.34. The zero-order valence-corrected chi connectivity index (χ0v) is 36.2. The summed E-state index contributed by atoms with van der Waals surface area (Å²) in [4.78, 5) is 1.45. The molecule has 5 aliphatic carbocycles. The van der Waals surface area contributed by atoms with E-state index in [4.69, 9.17) is 0 Å². The first-order chi connectivity index (χ1) is 26.8. The van der Waals surface area contributed by atoms with Gasteiger partial charge >= 0.3 is 0 Å². The monoisotopic (exact) mass is 738 g/mol. The molecule has 2 aromatic carbocycles. The first kappa shape index (κ1) is 42.4. The lowest BCUT2D eigenvalue weighted by Crippen LogP contribution is -2.08. The van der Waals surface area contributed by atoms with Crippen molar-refractivity contribution in [2.75, 3.05) is 0 Å². The Bertz CT molecular complexity index is 2190. The molecule has 3 aromatic heterocycles. The Kier molecular flexibility index (Phi) is 15.2. The predicted octanol–water partition coefficient (Wildman–Crippen LogP) is 16.7. The summed E-state index contributed by atoms with van der Waals surface area (Å²) in [7, 11) is 0. The average Bonchev–Trinajstić information content (AvgIpc) is 4.15. The van der Waals surface area contributed by atoms with Crippen molar-refractivity contribution in [1.82, 2.24) is 9.13 Å². The highest BCUT2D eigenvalue weighted by molar-refractivity contribution is 7.20. The Morgan fingerprint density at radius 2 is 1.30 bits per heavy atom. The number of benzene rings is 2. The maximum Gasteiger partial charge on any atom is 0.0640 e. The molecule has 4 unspecified atom stereocenters. The van der Waals surface area contributed by atoms with Gasteiger partial charge in [0.05, 0.1) is 43.6 Å². The number of nitrogens with zero attached hydrogens (tertiary/aromatic N) is 2. The average molecular weight is 739 g/mol. The molecule has 54 heavy (non-hydrogen) atoms. The highest BCUT2D eigenvalue weighted by atomic mass is 32.1. The Morgan fingerprint density at radius 1 is 0.648 bits per heavy atom. The van der Waals surface area contributed by atoms with Crippen molar-refractivity contribution in [1.29, 1.82) is 0 Å². The van der Waals surface area contributed by atoms with Crippen molar-refractivity contribution in [2.45, 2.75) is 114 Å². The maximum absolute atomic E-state index is 4.23. The van der Waals surface area contributed by atoms with Gasteiger partial charge in [0.2, 0.25) is 0 Å². The zero-order valence-electron chi connectivity index (χ0n) is 35.4. The molecule has 3 heteroatoms. The third kappa shape index (κ3) is 7.01. The number of fused-ring (bicyclic) bond motifs is 11. The lowest BCUT2D eigenvalue weighted by atomic mass is 9.97. The van der Waals surface area contributed by atoms with Crippen LogP contribution in [0.15, 0.2) is 79.9 Å². The summed E-state index contributed by atoms with van der Waals surface area (Å²) in [6, 6.07) is 15.6. The Labute approximate surface area is 332 Å². The van der Waals surface area contributed by atoms with Gasteiger partial charge in [0.15, 0.2) is 0 Å². The lowest BCUT2D eigenvalue weighted by molar-refractivity contribution is 0.943. The summed E-state index contributed by atoms with van der Waals surface area (Å²) in [5.74, 6) is 2.66. The van der Waals surface area contributed by atoms with Crippen LogP contribution in [0, 0.1) is 11.8 Å². The molecule has 10 rings (SSSR count). The molecule has 5 aliphatic rings. The summed E-state index contributed by atoms with van der Waals surface area (Å²) in [5, 5.41) is 2.63. The molecule has 0 saturated heterocycles. The molecule has 3 heterocycles. The molecule has 2 fully saturated rings. The number of thiophene rings is 1. The Balaban J connectivity index is 0.000000498. The highest BCUT2D eigenvalue weighted by Crippen LogP contribution is 2.61. The molecular weight excluding hydrogens is 673 g/mol. The summed E-state index contributed by atoms with van der Waals surface area (Å²) >= 11 is 1.98. The first-order valence-electron chi connectivity index (χ1n) is 21.2. The molecule has 0 spiro atoms. The lowest BCUT2D eigenvalue weighted by Gasteiger charge is -2.20. The predicted molar refractivity (Wildman–Crippen MR) is 248 cm³/mol. The smallest absolute Gasteiger partial charge is 0.0640 e. The second-order valence-electron chi connectivity index (χ2n) is 12.5. The summed E-state index contributed by atoms with van der Waals surface area (Å²) in [6.07, 6.45) is 24.5. The summed E-state index contributed by atoms with van der Waals surface area (Å²) in [5.41, 5.74) is 13.4. The molecule has 0 bridgehead atoms. The van der Waals surface area contributed by atoms with Crippen LogP contribution in [0.1, 0.15) is 158 Å². The van der Waals surface area contributed by atoms with Gasteiger partial charge < -0.3 is 9.13 Å². The molecule has 0 N–H and O–H groups in total. The number of rotatable bonds is 4. The van der Waals surface area contributed by atoms with E-state index in [1.54, 1.807) is 11.1 Å². The number of para-hydroxylation sites is 1. The van der Waals surface area contributed by atoms with E-state index in [0.29, 0.717) is 17.8 Å². The molecule has 286 valence electrons. The van der Waals surface area contributed by atoms with E-state index < -0.39 is 0 Å². The van der Waals surface area contributed by atoms with Gasteiger partial charge in [-0.1, -0.05) is 163 Å². The SMILES string of the molecule is C=Cc1c(C=C)n(-c2cccc3c4c(sc23)C(n2c3c(c5c2C=CC2CC52)C=CCC=C3)=CC2CC42)c2ccccc12.CC.CC.CC.CC.CC.CC. The minimum absolute atomic E-state index is 0.623. The number of hydrogen-bond donors (Lipinski definition) is 0. The van der Waals surface area contributed by atoms with Gasteiger partial charge in [-0.2, -0.15) is 0 Å². The van der Waals surface area contributed by atoms with Crippen molar-refractivity contribution < 1.29 is 0 Å². The van der Waals surface area contributed by atoms with Crippen LogP contribution >= 0.6 is 11.3 Å². The molecule has 0 radical (unpaired) electrons. The van der Waals surface area contributed by atoms with Crippen LogP contribution in [0.2, 0.25) is 0 Å². The fourth-order valence-corrected chi connectivity index (χ4v) is 9.61. The van der Waals surface area contributed by atoms with Crippen LogP contribution in [-0.4, -0.2) is 9.13 Å². The first-order valence-corrected chi connectivity index (χ1v) is 22.0. The van der Waals surface area contributed by atoms with Crippen LogP contribution in [0.5, 0.6) is 0 Å². The van der Waals surface area contributed by atoms with Gasteiger partial charge in [-0.25, -0.2) is 0 Å². The van der Waals surface area contributed by atoms with Crippen LogP contribution in [0.3, 0.4) is 0 Å². The van der Waals surface area contributed by atoms with Crippen molar-refractivity contribution in [3.8, 4) is 5.69 Å². The van der Waals surface area contributed by atoms with Gasteiger partial charge in [-0.3, -0.25) is 0 Å². The van der Waals surface area contributed by atoms with Crippen LogP contribution in [0.4, 0.5) is 0 Å². The van der Waals surface area contributed by atoms with Crippen molar-refractivity contribution in [2.24, 2.45) is 11.8 Å². The minimum atomic E-state index is 0.623. The molecule has 0 aliphatic heterocycles. The van der Waals surface area contributed by atoms with Gasteiger partial charge in [0.25, 0.3) is 0 Å². The fourth-order valence-electron chi connectivity index (χ4n) is 8.22. The van der Waals surface area contributed by atoms with Crippen LogP contribution < -0.4 is 0 Å². The Morgan fingerprint density at radius 3 is 2.00 bits per heavy atom. The second kappa shape index (κ2) is 19.3. The number of allylic oxidation sites excluding steroid dienone is 4. The van der Waals surface area contributed by atoms with Crippen molar-refractivity contribution in [3.05, 3.63) is 124 Å². The van der Waals surface area contributed by atoms with Gasteiger partial charge in [-0.05, 0) is 89.8 Å². The summed E-state index contributed by atoms with van der Waals surface area (Å²) in [6.45, 7) is 32.4.